The van der Waals surface area contributed by atoms with Crippen LogP contribution in [0, 0.1) is 16.7 Å². The van der Waals surface area contributed by atoms with Gasteiger partial charge in [0.1, 0.15) is 0 Å². The molecule has 0 saturated carbocycles. The second-order valence-corrected chi connectivity index (χ2v) is 5.44. The van der Waals surface area contributed by atoms with Gasteiger partial charge >= 0.3 is 0 Å². The molecule has 20 heavy (non-hydrogen) atoms. The van der Waals surface area contributed by atoms with Gasteiger partial charge in [-0.05, 0) is 44.0 Å². The van der Waals surface area contributed by atoms with Crippen molar-refractivity contribution < 1.29 is 4.79 Å². The molecule has 1 saturated heterocycles. The monoisotopic (exact) mass is 271 g/mol. The summed E-state index contributed by atoms with van der Waals surface area (Å²) in [5.74, 6) is 0.141. The lowest BCUT2D eigenvalue weighted by Gasteiger charge is -2.38. The molecule has 4 heteroatoms. The fourth-order valence-electron chi connectivity index (χ4n) is 2.86. The first kappa shape index (κ1) is 14.5. The van der Waals surface area contributed by atoms with E-state index in [-0.39, 0.29) is 11.3 Å². The zero-order valence-corrected chi connectivity index (χ0v) is 12.1. The zero-order valence-electron chi connectivity index (χ0n) is 12.1. The summed E-state index contributed by atoms with van der Waals surface area (Å²) in [6.45, 7) is 3.80. The minimum absolute atomic E-state index is 0.141. The van der Waals surface area contributed by atoms with E-state index < -0.39 is 0 Å². The van der Waals surface area contributed by atoms with E-state index in [1.165, 1.54) is 0 Å². The number of anilines is 1. The molecule has 1 aromatic rings. The molecule has 106 valence electrons. The first-order valence-corrected chi connectivity index (χ1v) is 7.12. The molecule has 1 N–H and O–H groups in total. The smallest absolute Gasteiger partial charge is 0.234 e. The molecular weight excluding hydrogens is 250 g/mol. The Morgan fingerprint density at radius 3 is 2.95 bits per heavy atom. The largest absolute Gasteiger partial charge is 0.316 e. The van der Waals surface area contributed by atoms with Gasteiger partial charge in [-0.25, -0.2) is 0 Å². The number of benzene rings is 1. The maximum Gasteiger partial charge on any atom is 0.234 e. The summed E-state index contributed by atoms with van der Waals surface area (Å²) in [4.78, 5) is 14.5. The lowest BCUT2D eigenvalue weighted by Crippen LogP contribution is -2.50. The normalized spacial score (nSPS) is 22.1. The lowest BCUT2D eigenvalue weighted by molar-refractivity contribution is -0.129. The van der Waals surface area contributed by atoms with Gasteiger partial charge in [0.05, 0.1) is 17.0 Å². The molecule has 0 bridgehead atoms. The number of nitrogens with one attached hydrogen (secondary N) is 1. The molecule has 2 rings (SSSR count). The summed E-state index contributed by atoms with van der Waals surface area (Å²) in [5.41, 5.74) is 1.05. The van der Waals surface area contributed by atoms with E-state index in [4.69, 9.17) is 5.26 Å². The molecule has 1 aliphatic heterocycles. The molecule has 4 nitrogen and oxygen atoms in total. The van der Waals surface area contributed by atoms with Crippen LogP contribution in [-0.2, 0) is 4.79 Å². The minimum Gasteiger partial charge on any atom is -0.316 e. The summed E-state index contributed by atoms with van der Waals surface area (Å²) in [5, 5.41) is 12.3. The molecule has 1 atom stereocenters. The summed E-state index contributed by atoms with van der Waals surface area (Å²) in [7, 11) is 1.80. The Hall–Kier alpha value is -1.86. The van der Waals surface area contributed by atoms with Gasteiger partial charge in [-0.15, -0.1) is 0 Å². The number of carbonyl (C=O) groups is 1. The zero-order chi connectivity index (χ0) is 14.6. The van der Waals surface area contributed by atoms with Crippen LogP contribution in [0.25, 0.3) is 0 Å². The van der Waals surface area contributed by atoms with Crippen LogP contribution in [-0.4, -0.2) is 26.0 Å². The highest BCUT2D eigenvalue weighted by Crippen LogP contribution is 2.33. The molecule has 0 aliphatic carbocycles. The fraction of sp³-hybridized carbons (Fsp3) is 0.500. The predicted octanol–water partition coefficient (Wildman–Crippen LogP) is 2.30. The van der Waals surface area contributed by atoms with Gasteiger partial charge in [-0.2, -0.15) is 5.26 Å². The van der Waals surface area contributed by atoms with Crippen molar-refractivity contribution >= 4 is 11.6 Å². The van der Waals surface area contributed by atoms with Crippen molar-refractivity contribution in [1.82, 2.24) is 5.32 Å². The minimum atomic E-state index is -0.310. The summed E-state index contributed by atoms with van der Waals surface area (Å²) < 4.78 is 0. The van der Waals surface area contributed by atoms with Crippen LogP contribution in [0.2, 0.25) is 0 Å². The van der Waals surface area contributed by atoms with E-state index in [0.717, 1.165) is 38.0 Å². The Kier molecular flexibility index (Phi) is 4.41. The third kappa shape index (κ3) is 2.68. The van der Waals surface area contributed by atoms with Crippen molar-refractivity contribution in [2.45, 2.75) is 26.2 Å². The average Bonchev–Trinajstić information content (AvgIpc) is 2.54. The number of nitrogens with zero attached hydrogens (tertiary/aromatic N) is 2. The summed E-state index contributed by atoms with van der Waals surface area (Å²) in [6, 6.07) is 9.31. The predicted molar refractivity (Wildman–Crippen MR) is 79.4 cm³/mol. The quantitative estimate of drug-likeness (QED) is 0.917. The number of hydrogen-bond donors (Lipinski definition) is 1. The standard InChI is InChI=1S/C16H21N3O/c1-3-16(8-5-9-18-12-16)15(20)19(2)14-7-4-6-13(10-14)11-17/h4,6-7,10,18H,3,5,8-9,12H2,1-2H3. The topological polar surface area (TPSA) is 56.1 Å². The van der Waals surface area contributed by atoms with E-state index in [0.29, 0.717) is 5.56 Å². The number of rotatable bonds is 3. The van der Waals surface area contributed by atoms with Crippen molar-refractivity contribution in [3.8, 4) is 6.07 Å². The number of piperidine rings is 1. The molecule has 0 radical (unpaired) electrons. The Labute approximate surface area is 120 Å². The van der Waals surface area contributed by atoms with Gasteiger partial charge in [-0.3, -0.25) is 4.79 Å². The molecule has 1 aliphatic rings. The number of amides is 1. The lowest BCUT2D eigenvalue weighted by atomic mass is 9.77. The number of hydrogen-bond acceptors (Lipinski definition) is 3. The molecule has 1 unspecified atom stereocenters. The van der Waals surface area contributed by atoms with E-state index in [1.54, 1.807) is 24.1 Å². The average molecular weight is 271 g/mol. The number of carbonyl (C=O) groups excluding carboxylic acids is 1. The van der Waals surface area contributed by atoms with Gasteiger partial charge in [0.15, 0.2) is 0 Å². The third-order valence-electron chi connectivity index (χ3n) is 4.27. The second-order valence-electron chi connectivity index (χ2n) is 5.44. The Bertz CT molecular complexity index is 527. The second kappa shape index (κ2) is 6.06. The van der Waals surface area contributed by atoms with Crippen molar-refractivity contribution in [2.75, 3.05) is 25.0 Å². The maximum atomic E-state index is 12.9. The van der Waals surface area contributed by atoms with Crippen LogP contribution < -0.4 is 10.2 Å². The molecule has 0 spiro atoms. The van der Waals surface area contributed by atoms with Crippen molar-refractivity contribution in [3.63, 3.8) is 0 Å². The van der Waals surface area contributed by atoms with Gasteiger partial charge in [0.2, 0.25) is 5.91 Å². The van der Waals surface area contributed by atoms with Crippen LogP contribution in [0.3, 0.4) is 0 Å². The highest BCUT2D eigenvalue weighted by Gasteiger charge is 2.39. The molecular formula is C16H21N3O. The van der Waals surface area contributed by atoms with E-state index >= 15 is 0 Å². The molecule has 1 amide bonds. The first-order valence-electron chi connectivity index (χ1n) is 7.12. The highest BCUT2D eigenvalue weighted by atomic mass is 16.2. The highest BCUT2D eigenvalue weighted by molar-refractivity contribution is 5.97. The summed E-state index contributed by atoms with van der Waals surface area (Å²) >= 11 is 0. The van der Waals surface area contributed by atoms with Gasteiger partial charge in [-0.1, -0.05) is 13.0 Å². The Morgan fingerprint density at radius 2 is 2.35 bits per heavy atom. The van der Waals surface area contributed by atoms with Crippen LogP contribution in [0.4, 0.5) is 5.69 Å². The number of nitriles is 1. The first-order chi connectivity index (χ1) is 9.63. The van der Waals surface area contributed by atoms with E-state index in [9.17, 15) is 4.79 Å². The SMILES string of the molecule is CCC1(C(=O)N(C)c2cccc(C#N)c2)CCCNC1. The molecule has 0 aromatic heterocycles. The van der Waals surface area contributed by atoms with E-state index in [1.807, 2.05) is 12.1 Å². The van der Waals surface area contributed by atoms with Crippen molar-refractivity contribution in [1.29, 1.82) is 5.26 Å². The Morgan fingerprint density at radius 1 is 1.55 bits per heavy atom. The molecule has 1 heterocycles. The fourth-order valence-corrected chi connectivity index (χ4v) is 2.86. The van der Waals surface area contributed by atoms with Gasteiger partial charge < -0.3 is 10.2 Å². The van der Waals surface area contributed by atoms with Crippen LogP contribution >= 0.6 is 0 Å². The van der Waals surface area contributed by atoms with Crippen molar-refractivity contribution in [3.05, 3.63) is 29.8 Å². The third-order valence-corrected chi connectivity index (χ3v) is 4.27. The van der Waals surface area contributed by atoms with Crippen LogP contribution in [0.5, 0.6) is 0 Å². The summed E-state index contributed by atoms with van der Waals surface area (Å²) in [6.07, 6.45) is 2.80. The van der Waals surface area contributed by atoms with Crippen LogP contribution in [0.15, 0.2) is 24.3 Å². The van der Waals surface area contributed by atoms with Crippen molar-refractivity contribution in [2.24, 2.45) is 5.41 Å². The Balaban J connectivity index is 2.24. The molecule has 1 aromatic carbocycles. The molecule has 1 fully saturated rings. The van der Waals surface area contributed by atoms with Gasteiger partial charge in [0.25, 0.3) is 0 Å². The van der Waals surface area contributed by atoms with Gasteiger partial charge in [0, 0.05) is 19.3 Å². The van der Waals surface area contributed by atoms with Crippen LogP contribution in [0.1, 0.15) is 31.7 Å². The van der Waals surface area contributed by atoms with E-state index in [2.05, 4.69) is 18.3 Å². The maximum absolute atomic E-state index is 12.9.